The van der Waals surface area contributed by atoms with E-state index in [1.807, 2.05) is 0 Å². The summed E-state index contributed by atoms with van der Waals surface area (Å²) in [5, 5.41) is 0. The van der Waals surface area contributed by atoms with Crippen LogP contribution in [0.25, 0.3) is 0 Å². The maximum absolute atomic E-state index is 10.5. The van der Waals surface area contributed by atoms with Crippen LogP contribution in [0.5, 0.6) is 0 Å². The van der Waals surface area contributed by atoms with E-state index in [2.05, 4.69) is 0 Å². The quantitative estimate of drug-likeness (QED) is 0.286. The molecular formula is FLiOS. The van der Waals surface area contributed by atoms with E-state index in [9.17, 15) is 3.89 Å². The zero-order valence-corrected chi connectivity index (χ0v) is 3.01. The Kier molecular flexibility index (Phi) is 2.54. The second kappa shape index (κ2) is 2.10. The molecule has 0 rings (SSSR count). The molecule has 0 aromatic rings. The van der Waals surface area contributed by atoms with Crippen molar-refractivity contribution in [3.8, 4) is 0 Å². The molecule has 1 atom stereocenters. The minimum atomic E-state index is -2.11. The topological polar surface area (TPSA) is 23.1 Å². The zero-order chi connectivity index (χ0) is 3.58. The molecule has 0 aliphatic heterocycles. The molecule has 0 N–H and O–H groups in total. The average Bonchev–Trinajstić information content (AvgIpc) is 0.811. The molecule has 0 aromatic heterocycles. The molecule has 0 aliphatic rings. The second-order valence-corrected chi connectivity index (χ2v) is 1.15. The van der Waals surface area contributed by atoms with Gasteiger partial charge in [-0.15, -0.1) is 0 Å². The summed E-state index contributed by atoms with van der Waals surface area (Å²) in [6.45, 7) is 0. The van der Waals surface area contributed by atoms with Gasteiger partial charge in [0, 0.05) is 0 Å². The summed E-state index contributed by atoms with van der Waals surface area (Å²) in [5.41, 5.74) is 0. The Morgan fingerprint density at radius 1 is 2.00 bits per heavy atom. The van der Waals surface area contributed by atoms with Crippen molar-refractivity contribution in [2.24, 2.45) is 0 Å². The molecule has 0 fully saturated rings. The van der Waals surface area contributed by atoms with Crippen LogP contribution < -0.4 is 0 Å². The van der Waals surface area contributed by atoms with E-state index in [-0.39, 0.29) is 0 Å². The van der Waals surface area contributed by atoms with Crippen LogP contribution in [0, 0.1) is 0 Å². The summed E-state index contributed by atoms with van der Waals surface area (Å²) >= 11 is 0.972. The van der Waals surface area contributed by atoms with Gasteiger partial charge in [-0.1, -0.05) is 0 Å². The van der Waals surface area contributed by atoms with Gasteiger partial charge in [-0.25, -0.2) is 0 Å². The van der Waals surface area contributed by atoms with Gasteiger partial charge in [-0.2, -0.15) is 0 Å². The number of rotatable bonds is 0. The third-order valence-corrected chi connectivity index (χ3v) is 0. The molecule has 0 saturated carbocycles. The summed E-state index contributed by atoms with van der Waals surface area (Å²) in [4.78, 5) is 0. The van der Waals surface area contributed by atoms with Crippen molar-refractivity contribution in [2.45, 2.75) is 0 Å². The first-order valence-corrected chi connectivity index (χ1v) is 2.19. The predicted octanol–water partition coefficient (Wildman–Crippen LogP) is -0.297. The van der Waals surface area contributed by atoms with Gasteiger partial charge in [0.2, 0.25) is 0 Å². The number of hydrogen-bond donors (Lipinski definition) is 0. The Hall–Kier alpha value is 0.837. The molecule has 0 heterocycles. The molecule has 0 aromatic carbocycles. The average molecular weight is 74.0 g/mol. The van der Waals surface area contributed by atoms with Gasteiger partial charge in [-0.05, 0) is 0 Å². The van der Waals surface area contributed by atoms with Crippen LogP contribution in [0.1, 0.15) is 0 Å². The van der Waals surface area contributed by atoms with E-state index in [1.165, 1.54) is 0 Å². The summed E-state index contributed by atoms with van der Waals surface area (Å²) < 4.78 is 19.4. The van der Waals surface area contributed by atoms with Crippen LogP contribution in [0.3, 0.4) is 0 Å². The molecular weight excluding hydrogens is 74.0 g/mol. The first-order chi connectivity index (χ1) is 1.73. The standard InChI is InChI=1S/FHOS.Li/c1-3-2;/h2H;/q;+1/p-1. The van der Waals surface area contributed by atoms with Crippen molar-refractivity contribution in [3.05, 3.63) is 0 Å². The Morgan fingerprint density at radius 2 is 2.00 bits per heavy atom. The van der Waals surface area contributed by atoms with Crippen molar-refractivity contribution < 1.29 is 8.44 Å². The Morgan fingerprint density at radius 3 is 2.00 bits per heavy atom. The summed E-state index contributed by atoms with van der Waals surface area (Å²) in [5.74, 6) is 0. The molecule has 0 amide bonds. The third kappa shape index (κ3) is 13.7. The van der Waals surface area contributed by atoms with Crippen LogP contribution in [0.4, 0.5) is 3.89 Å². The number of halogens is 1. The Balaban J connectivity index is 2.32. The van der Waals surface area contributed by atoms with Crippen molar-refractivity contribution in [2.75, 3.05) is 0 Å². The fraction of sp³-hybridized carbons (Fsp3) is 0. The van der Waals surface area contributed by atoms with Crippen molar-refractivity contribution >= 4 is 26.2 Å². The maximum atomic E-state index is 10.5. The van der Waals surface area contributed by atoms with E-state index < -0.39 is 9.66 Å². The fourth-order valence-electron chi connectivity index (χ4n) is 0. The molecule has 1 nitrogen and oxygen atoms in total. The summed E-state index contributed by atoms with van der Waals surface area (Å²) in [6, 6.07) is 0. The first-order valence-electron chi connectivity index (χ1n) is 0.729. The van der Waals surface area contributed by atoms with Gasteiger partial charge >= 0.3 is 34.6 Å². The van der Waals surface area contributed by atoms with Crippen LogP contribution in [-0.4, -0.2) is 21.1 Å². The Bertz CT molecular complexity index is 12.8. The van der Waals surface area contributed by atoms with Gasteiger partial charge < -0.3 is 0 Å². The van der Waals surface area contributed by atoms with Crippen molar-refractivity contribution in [1.29, 1.82) is 0 Å². The molecule has 0 aliphatic carbocycles. The van der Waals surface area contributed by atoms with E-state index in [4.69, 9.17) is 4.55 Å². The normalized spacial score (nSPS) is 16.0. The summed E-state index contributed by atoms with van der Waals surface area (Å²) in [6.07, 6.45) is 0. The van der Waals surface area contributed by atoms with Gasteiger partial charge in [0.15, 0.2) is 0 Å². The fourth-order valence-corrected chi connectivity index (χ4v) is 0. The second-order valence-electron chi connectivity index (χ2n) is 0.384. The van der Waals surface area contributed by atoms with E-state index >= 15 is 0 Å². The van der Waals surface area contributed by atoms with Gasteiger partial charge in [0.05, 0.1) is 0 Å². The van der Waals surface area contributed by atoms with Gasteiger partial charge in [-0.3, -0.25) is 0 Å². The molecule has 0 saturated heterocycles. The molecule has 0 radical (unpaired) electrons. The van der Waals surface area contributed by atoms with Crippen LogP contribution >= 0.6 is 0 Å². The molecule has 4 heavy (non-hydrogen) atoms. The van der Waals surface area contributed by atoms with E-state index in [0.29, 0.717) is 0 Å². The zero-order valence-electron chi connectivity index (χ0n) is 2.19. The van der Waals surface area contributed by atoms with E-state index in [0.717, 1.165) is 16.5 Å². The molecule has 20 valence electrons. The molecule has 4 heteroatoms. The van der Waals surface area contributed by atoms with E-state index in [1.54, 1.807) is 0 Å². The van der Waals surface area contributed by atoms with Gasteiger partial charge in [0.1, 0.15) is 0 Å². The van der Waals surface area contributed by atoms with Gasteiger partial charge in [0.25, 0.3) is 0 Å². The van der Waals surface area contributed by atoms with Crippen molar-refractivity contribution in [1.82, 2.24) is 0 Å². The number of hydrogen-bond acceptors (Lipinski definition) is 1. The monoisotopic (exact) mass is 74.0 g/mol. The molecule has 1 unspecified atom stereocenters. The SMILES string of the molecule is [Li][S+]([O-])F. The minimum absolute atomic E-state index is 0.972. The van der Waals surface area contributed by atoms with Crippen LogP contribution in [0.2, 0.25) is 0 Å². The van der Waals surface area contributed by atoms with Crippen LogP contribution in [-0.2, 0) is 9.66 Å². The Labute approximate surface area is 35.2 Å². The molecule has 0 bridgehead atoms. The first kappa shape index (κ1) is 4.84. The van der Waals surface area contributed by atoms with Crippen LogP contribution in [0.15, 0.2) is 0 Å². The van der Waals surface area contributed by atoms with Crippen molar-refractivity contribution in [3.63, 3.8) is 0 Å². The molecule has 0 spiro atoms. The third-order valence-electron chi connectivity index (χ3n) is 0. The predicted molar refractivity (Wildman–Crippen MR) is 15.0 cm³/mol. The summed E-state index contributed by atoms with van der Waals surface area (Å²) in [7, 11) is -2.11.